The van der Waals surface area contributed by atoms with Crippen LogP contribution >= 0.6 is 0 Å². The van der Waals surface area contributed by atoms with Gasteiger partial charge in [0.05, 0.1) is 12.7 Å². The smallest absolute Gasteiger partial charge is 0.259 e. The Hall–Kier alpha value is -1.62. The lowest BCUT2D eigenvalue weighted by Gasteiger charge is -2.19. The van der Waals surface area contributed by atoms with E-state index in [0.717, 1.165) is 0 Å². The molecule has 1 rings (SSSR count). The molecule has 5 nitrogen and oxygen atoms in total. The van der Waals surface area contributed by atoms with E-state index in [9.17, 15) is 9.90 Å². The van der Waals surface area contributed by atoms with Gasteiger partial charge < -0.3 is 14.7 Å². The highest BCUT2D eigenvalue weighted by atomic mass is 16.5. The first-order valence-corrected chi connectivity index (χ1v) is 6.07. The SMILES string of the molecule is CCOc1ncccc1C(=O)N(C)CCC(C)O. The molecular weight excluding hydrogens is 232 g/mol. The molecule has 100 valence electrons. The molecule has 0 radical (unpaired) electrons. The summed E-state index contributed by atoms with van der Waals surface area (Å²) in [5, 5.41) is 9.22. The predicted octanol–water partition coefficient (Wildman–Crippen LogP) is 1.32. The lowest BCUT2D eigenvalue weighted by Crippen LogP contribution is -2.30. The molecule has 1 aromatic heterocycles. The Labute approximate surface area is 107 Å². The Morgan fingerprint density at radius 1 is 1.61 bits per heavy atom. The predicted molar refractivity (Wildman–Crippen MR) is 68.7 cm³/mol. The molecule has 0 saturated carbocycles. The second-order valence-electron chi connectivity index (χ2n) is 4.15. The molecule has 18 heavy (non-hydrogen) atoms. The largest absolute Gasteiger partial charge is 0.477 e. The molecule has 0 aliphatic rings. The number of carbonyl (C=O) groups excluding carboxylic acids is 1. The van der Waals surface area contributed by atoms with E-state index < -0.39 is 6.10 Å². The van der Waals surface area contributed by atoms with Crippen LogP contribution in [-0.2, 0) is 0 Å². The van der Waals surface area contributed by atoms with Crippen LogP contribution in [0.2, 0.25) is 0 Å². The van der Waals surface area contributed by atoms with Crippen LogP contribution in [-0.4, -0.2) is 47.2 Å². The van der Waals surface area contributed by atoms with Gasteiger partial charge >= 0.3 is 0 Å². The first-order chi connectivity index (χ1) is 8.56. The number of ether oxygens (including phenoxy) is 1. The van der Waals surface area contributed by atoms with Crippen molar-refractivity contribution in [3.05, 3.63) is 23.9 Å². The van der Waals surface area contributed by atoms with E-state index in [1.165, 1.54) is 0 Å². The number of pyridine rings is 1. The van der Waals surface area contributed by atoms with Gasteiger partial charge in [-0.3, -0.25) is 4.79 Å². The summed E-state index contributed by atoms with van der Waals surface area (Å²) in [4.78, 5) is 17.8. The number of aromatic nitrogens is 1. The van der Waals surface area contributed by atoms with Crippen molar-refractivity contribution in [1.82, 2.24) is 9.88 Å². The molecule has 1 heterocycles. The average Bonchev–Trinajstić information content (AvgIpc) is 2.36. The minimum Gasteiger partial charge on any atom is -0.477 e. The number of aliphatic hydroxyl groups is 1. The van der Waals surface area contributed by atoms with Crippen LogP contribution in [0.4, 0.5) is 0 Å². The zero-order valence-electron chi connectivity index (χ0n) is 11.1. The minimum atomic E-state index is -0.416. The van der Waals surface area contributed by atoms with Crippen molar-refractivity contribution in [2.24, 2.45) is 0 Å². The summed E-state index contributed by atoms with van der Waals surface area (Å²) in [6.07, 6.45) is 1.73. The van der Waals surface area contributed by atoms with Crippen molar-refractivity contribution in [2.45, 2.75) is 26.4 Å². The Kier molecular flexibility index (Phi) is 5.58. The molecular formula is C13H20N2O3. The second kappa shape index (κ2) is 6.96. The maximum Gasteiger partial charge on any atom is 0.259 e. The summed E-state index contributed by atoms with van der Waals surface area (Å²) < 4.78 is 5.33. The summed E-state index contributed by atoms with van der Waals surface area (Å²) in [5.41, 5.74) is 0.451. The van der Waals surface area contributed by atoms with Gasteiger partial charge in [-0.15, -0.1) is 0 Å². The van der Waals surface area contributed by atoms with Crippen LogP contribution < -0.4 is 4.74 Å². The molecule has 1 atom stereocenters. The zero-order chi connectivity index (χ0) is 13.5. The molecule has 0 aliphatic heterocycles. The fourth-order valence-corrected chi connectivity index (χ4v) is 1.49. The Bertz CT molecular complexity index is 394. The highest BCUT2D eigenvalue weighted by Gasteiger charge is 2.17. The van der Waals surface area contributed by atoms with E-state index >= 15 is 0 Å². The van der Waals surface area contributed by atoms with E-state index in [-0.39, 0.29) is 5.91 Å². The van der Waals surface area contributed by atoms with E-state index in [1.54, 1.807) is 37.2 Å². The van der Waals surface area contributed by atoms with Gasteiger partial charge in [0.2, 0.25) is 5.88 Å². The fraction of sp³-hybridized carbons (Fsp3) is 0.538. The quantitative estimate of drug-likeness (QED) is 0.829. The van der Waals surface area contributed by atoms with Gasteiger partial charge in [-0.25, -0.2) is 4.98 Å². The lowest BCUT2D eigenvalue weighted by molar-refractivity contribution is 0.0764. The standard InChI is InChI=1S/C13H20N2O3/c1-4-18-12-11(6-5-8-14-12)13(17)15(3)9-7-10(2)16/h5-6,8,10,16H,4,7,9H2,1-3H3. The average molecular weight is 252 g/mol. The van der Waals surface area contributed by atoms with Crippen LogP contribution in [0.3, 0.4) is 0 Å². The number of aliphatic hydroxyl groups excluding tert-OH is 1. The third kappa shape index (κ3) is 4.00. The molecule has 1 aromatic rings. The molecule has 0 spiro atoms. The summed E-state index contributed by atoms with van der Waals surface area (Å²) in [5.74, 6) is 0.209. The van der Waals surface area contributed by atoms with Crippen molar-refractivity contribution >= 4 is 5.91 Å². The van der Waals surface area contributed by atoms with Crippen LogP contribution in [0.25, 0.3) is 0 Å². The summed E-state index contributed by atoms with van der Waals surface area (Å²) in [6, 6.07) is 3.40. The molecule has 0 saturated heterocycles. The number of nitrogens with zero attached hydrogens (tertiary/aromatic N) is 2. The molecule has 1 N–H and O–H groups in total. The van der Waals surface area contributed by atoms with E-state index in [2.05, 4.69) is 4.98 Å². The molecule has 0 aromatic carbocycles. The van der Waals surface area contributed by atoms with Crippen molar-refractivity contribution in [1.29, 1.82) is 0 Å². The maximum absolute atomic E-state index is 12.2. The van der Waals surface area contributed by atoms with Gasteiger partial charge in [-0.1, -0.05) is 0 Å². The maximum atomic E-state index is 12.2. The first-order valence-electron chi connectivity index (χ1n) is 6.07. The Balaban J connectivity index is 2.76. The number of hydrogen-bond acceptors (Lipinski definition) is 4. The van der Waals surface area contributed by atoms with E-state index in [0.29, 0.717) is 31.0 Å². The fourth-order valence-electron chi connectivity index (χ4n) is 1.49. The molecule has 1 unspecified atom stereocenters. The van der Waals surface area contributed by atoms with Crippen molar-refractivity contribution < 1.29 is 14.6 Å². The molecule has 0 bridgehead atoms. The van der Waals surface area contributed by atoms with Crippen LogP contribution in [0.1, 0.15) is 30.6 Å². The second-order valence-corrected chi connectivity index (χ2v) is 4.15. The van der Waals surface area contributed by atoms with Gasteiger partial charge in [0.1, 0.15) is 5.56 Å². The highest BCUT2D eigenvalue weighted by molar-refractivity contribution is 5.96. The first kappa shape index (κ1) is 14.4. The third-order valence-corrected chi connectivity index (χ3v) is 2.51. The lowest BCUT2D eigenvalue weighted by atomic mass is 10.2. The van der Waals surface area contributed by atoms with Crippen molar-refractivity contribution in [3.63, 3.8) is 0 Å². The van der Waals surface area contributed by atoms with Crippen LogP contribution in [0.5, 0.6) is 5.88 Å². The van der Waals surface area contributed by atoms with Crippen molar-refractivity contribution in [2.75, 3.05) is 20.2 Å². The molecule has 0 fully saturated rings. The van der Waals surface area contributed by atoms with E-state index in [4.69, 9.17) is 4.74 Å². The van der Waals surface area contributed by atoms with E-state index in [1.807, 2.05) is 6.92 Å². The highest BCUT2D eigenvalue weighted by Crippen LogP contribution is 2.16. The summed E-state index contributed by atoms with van der Waals surface area (Å²) in [6.45, 7) is 4.51. The molecule has 1 amide bonds. The monoisotopic (exact) mass is 252 g/mol. The summed E-state index contributed by atoms with van der Waals surface area (Å²) >= 11 is 0. The number of carbonyl (C=O) groups is 1. The Morgan fingerprint density at radius 2 is 2.33 bits per heavy atom. The third-order valence-electron chi connectivity index (χ3n) is 2.51. The van der Waals surface area contributed by atoms with Gasteiger partial charge in [0.25, 0.3) is 5.91 Å². The van der Waals surface area contributed by atoms with Gasteiger partial charge in [-0.05, 0) is 32.4 Å². The number of rotatable bonds is 6. The molecule has 5 heteroatoms. The van der Waals surface area contributed by atoms with Gasteiger partial charge in [0, 0.05) is 19.8 Å². The normalized spacial score (nSPS) is 12.0. The number of hydrogen-bond donors (Lipinski definition) is 1. The number of amides is 1. The molecule has 0 aliphatic carbocycles. The van der Waals surface area contributed by atoms with Gasteiger partial charge in [-0.2, -0.15) is 0 Å². The van der Waals surface area contributed by atoms with Crippen LogP contribution in [0, 0.1) is 0 Å². The minimum absolute atomic E-state index is 0.146. The van der Waals surface area contributed by atoms with Crippen LogP contribution in [0.15, 0.2) is 18.3 Å². The van der Waals surface area contributed by atoms with Gasteiger partial charge in [0.15, 0.2) is 0 Å². The zero-order valence-corrected chi connectivity index (χ0v) is 11.1. The Morgan fingerprint density at radius 3 is 2.94 bits per heavy atom. The van der Waals surface area contributed by atoms with Crippen molar-refractivity contribution in [3.8, 4) is 5.88 Å². The summed E-state index contributed by atoms with van der Waals surface area (Å²) in [7, 11) is 1.70. The topological polar surface area (TPSA) is 62.7 Å².